The maximum absolute atomic E-state index is 5.55. The van der Waals surface area contributed by atoms with Crippen LogP contribution in [0.25, 0.3) is 0 Å². The molecule has 0 radical (unpaired) electrons. The molecular formula is C10H20N4O. The van der Waals surface area contributed by atoms with Crippen molar-refractivity contribution < 1.29 is 4.74 Å². The zero-order valence-electron chi connectivity index (χ0n) is 9.52. The summed E-state index contributed by atoms with van der Waals surface area (Å²) in [5, 5.41) is 4.33. The van der Waals surface area contributed by atoms with Gasteiger partial charge in [0.1, 0.15) is 0 Å². The van der Waals surface area contributed by atoms with Crippen LogP contribution in [0.15, 0.2) is 12.3 Å². The molecule has 1 rings (SSSR count). The van der Waals surface area contributed by atoms with Crippen molar-refractivity contribution in [3.05, 3.63) is 18.0 Å². The molecule has 1 aromatic rings. The molecule has 0 fully saturated rings. The Morgan fingerprint density at radius 1 is 1.53 bits per heavy atom. The van der Waals surface area contributed by atoms with Crippen LogP contribution in [0.4, 0.5) is 0 Å². The van der Waals surface area contributed by atoms with E-state index in [0.29, 0.717) is 6.54 Å². The highest BCUT2D eigenvalue weighted by Gasteiger charge is 2.06. The zero-order chi connectivity index (χ0) is 11.1. The van der Waals surface area contributed by atoms with Crippen molar-refractivity contribution >= 4 is 0 Å². The Bertz CT molecular complexity index is 274. The third kappa shape index (κ3) is 4.42. The number of aryl methyl sites for hydroxylation is 1. The predicted molar refractivity (Wildman–Crippen MR) is 59.4 cm³/mol. The fraction of sp³-hybridized carbons (Fsp3) is 0.700. The van der Waals surface area contributed by atoms with E-state index in [1.54, 1.807) is 7.11 Å². The van der Waals surface area contributed by atoms with Gasteiger partial charge in [-0.2, -0.15) is 5.10 Å². The fourth-order valence-electron chi connectivity index (χ4n) is 1.45. The molecule has 5 heteroatoms. The highest BCUT2D eigenvalue weighted by Crippen LogP contribution is 2.00. The van der Waals surface area contributed by atoms with E-state index in [9.17, 15) is 0 Å². The van der Waals surface area contributed by atoms with E-state index in [1.807, 2.05) is 24.0 Å². The second-order valence-electron chi connectivity index (χ2n) is 3.54. The Kier molecular flexibility index (Phi) is 5.31. The maximum Gasteiger partial charge on any atom is 0.0764 e. The molecule has 0 saturated heterocycles. The Hall–Kier alpha value is -0.910. The van der Waals surface area contributed by atoms with Crippen molar-refractivity contribution in [1.82, 2.24) is 14.7 Å². The summed E-state index contributed by atoms with van der Waals surface area (Å²) in [5.74, 6) is 0. The number of nitrogens with zero attached hydrogens (tertiary/aromatic N) is 3. The van der Waals surface area contributed by atoms with Gasteiger partial charge in [-0.25, -0.2) is 0 Å². The molecular weight excluding hydrogens is 192 g/mol. The minimum atomic E-state index is 0.663. The summed E-state index contributed by atoms with van der Waals surface area (Å²) >= 11 is 0. The van der Waals surface area contributed by atoms with Crippen LogP contribution in [0.1, 0.15) is 5.69 Å². The van der Waals surface area contributed by atoms with Crippen molar-refractivity contribution in [2.75, 3.05) is 33.4 Å². The molecule has 1 heterocycles. The van der Waals surface area contributed by atoms with Gasteiger partial charge in [-0.3, -0.25) is 9.58 Å². The molecule has 2 N–H and O–H groups in total. The third-order valence-electron chi connectivity index (χ3n) is 2.21. The highest BCUT2D eigenvalue weighted by molar-refractivity contribution is 4.98. The minimum Gasteiger partial charge on any atom is -0.383 e. The summed E-state index contributed by atoms with van der Waals surface area (Å²) in [4.78, 5) is 2.24. The Morgan fingerprint density at radius 2 is 2.33 bits per heavy atom. The standard InChI is InChI=1S/C10H20N4O/c1-13-5-3-10(12-13)9-14(6-4-11)7-8-15-2/h3,5H,4,6-9,11H2,1-2H3. The lowest BCUT2D eigenvalue weighted by Gasteiger charge is -2.19. The molecule has 5 nitrogen and oxygen atoms in total. The van der Waals surface area contributed by atoms with Gasteiger partial charge >= 0.3 is 0 Å². The van der Waals surface area contributed by atoms with Crippen molar-refractivity contribution in [1.29, 1.82) is 0 Å². The number of ether oxygens (including phenoxy) is 1. The van der Waals surface area contributed by atoms with Crippen molar-refractivity contribution in [3.8, 4) is 0 Å². The van der Waals surface area contributed by atoms with E-state index < -0.39 is 0 Å². The van der Waals surface area contributed by atoms with Crippen molar-refractivity contribution in [2.24, 2.45) is 12.8 Å². The summed E-state index contributed by atoms with van der Waals surface area (Å²) in [7, 11) is 3.63. The first kappa shape index (κ1) is 12.2. The molecule has 0 unspecified atom stereocenters. The number of nitrogens with two attached hydrogens (primary N) is 1. The van der Waals surface area contributed by atoms with Gasteiger partial charge in [0.15, 0.2) is 0 Å². The third-order valence-corrected chi connectivity index (χ3v) is 2.21. The van der Waals surface area contributed by atoms with E-state index in [2.05, 4.69) is 10.00 Å². The largest absolute Gasteiger partial charge is 0.383 e. The van der Waals surface area contributed by atoms with Crippen LogP contribution in [-0.2, 0) is 18.3 Å². The van der Waals surface area contributed by atoms with Gasteiger partial charge in [-0.1, -0.05) is 0 Å². The van der Waals surface area contributed by atoms with Crippen molar-refractivity contribution in [3.63, 3.8) is 0 Å². The van der Waals surface area contributed by atoms with E-state index in [0.717, 1.165) is 31.9 Å². The first-order valence-corrected chi connectivity index (χ1v) is 5.16. The second-order valence-corrected chi connectivity index (χ2v) is 3.54. The Balaban J connectivity index is 2.42. The van der Waals surface area contributed by atoms with Crippen LogP contribution in [0, 0.1) is 0 Å². The van der Waals surface area contributed by atoms with Gasteiger partial charge in [0.2, 0.25) is 0 Å². The Labute approximate surface area is 90.8 Å². The fourth-order valence-corrected chi connectivity index (χ4v) is 1.45. The molecule has 0 amide bonds. The Morgan fingerprint density at radius 3 is 2.87 bits per heavy atom. The van der Waals surface area contributed by atoms with Crippen LogP contribution in [0.2, 0.25) is 0 Å². The average molecular weight is 212 g/mol. The minimum absolute atomic E-state index is 0.663. The lowest BCUT2D eigenvalue weighted by Crippen LogP contribution is -2.32. The van der Waals surface area contributed by atoms with E-state index in [4.69, 9.17) is 10.5 Å². The molecule has 0 aliphatic carbocycles. The highest BCUT2D eigenvalue weighted by atomic mass is 16.5. The molecule has 0 aliphatic heterocycles. The average Bonchev–Trinajstić information content (AvgIpc) is 2.61. The lowest BCUT2D eigenvalue weighted by molar-refractivity contribution is 0.145. The predicted octanol–water partition coefficient (Wildman–Crippen LogP) is -0.173. The number of aromatic nitrogens is 2. The smallest absolute Gasteiger partial charge is 0.0764 e. The van der Waals surface area contributed by atoms with Gasteiger partial charge in [-0.05, 0) is 6.07 Å². The monoisotopic (exact) mass is 212 g/mol. The van der Waals surface area contributed by atoms with Crippen LogP contribution in [0.3, 0.4) is 0 Å². The number of rotatable bonds is 7. The van der Waals surface area contributed by atoms with Crippen LogP contribution >= 0.6 is 0 Å². The topological polar surface area (TPSA) is 56.3 Å². The van der Waals surface area contributed by atoms with Crippen LogP contribution in [-0.4, -0.2) is 48.0 Å². The molecule has 0 atom stereocenters. The van der Waals surface area contributed by atoms with Crippen LogP contribution in [0.5, 0.6) is 0 Å². The van der Waals surface area contributed by atoms with E-state index in [-0.39, 0.29) is 0 Å². The maximum atomic E-state index is 5.55. The summed E-state index contributed by atoms with van der Waals surface area (Å²) in [6, 6.07) is 2.02. The molecule has 0 aliphatic rings. The summed E-state index contributed by atoms with van der Waals surface area (Å²) in [6.07, 6.45) is 1.95. The van der Waals surface area contributed by atoms with E-state index in [1.165, 1.54) is 0 Å². The second kappa shape index (κ2) is 6.55. The summed E-state index contributed by atoms with van der Waals surface area (Å²) in [6.45, 7) is 4.00. The van der Waals surface area contributed by atoms with Gasteiger partial charge in [0, 0.05) is 46.5 Å². The zero-order valence-corrected chi connectivity index (χ0v) is 9.52. The van der Waals surface area contributed by atoms with Crippen molar-refractivity contribution in [2.45, 2.75) is 6.54 Å². The van der Waals surface area contributed by atoms with Gasteiger partial charge in [-0.15, -0.1) is 0 Å². The quantitative estimate of drug-likeness (QED) is 0.681. The van der Waals surface area contributed by atoms with Gasteiger partial charge in [0.05, 0.1) is 12.3 Å². The first-order valence-electron chi connectivity index (χ1n) is 5.16. The molecule has 0 spiro atoms. The number of methoxy groups -OCH3 is 1. The van der Waals surface area contributed by atoms with Gasteiger partial charge < -0.3 is 10.5 Å². The molecule has 0 bridgehead atoms. The molecule has 15 heavy (non-hydrogen) atoms. The van der Waals surface area contributed by atoms with E-state index >= 15 is 0 Å². The SMILES string of the molecule is COCCN(CCN)Cc1ccn(C)n1. The van der Waals surface area contributed by atoms with Crippen LogP contribution < -0.4 is 5.73 Å². The molecule has 0 saturated carbocycles. The lowest BCUT2D eigenvalue weighted by atomic mass is 10.3. The summed E-state index contributed by atoms with van der Waals surface area (Å²) in [5.41, 5.74) is 6.62. The molecule has 0 aromatic carbocycles. The first-order chi connectivity index (χ1) is 7.26. The van der Waals surface area contributed by atoms with Gasteiger partial charge in [0.25, 0.3) is 0 Å². The normalized spacial score (nSPS) is 11.2. The summed E-state index contributed by atoms with van der Waals surface area (Å²) < 4.78 is 6.87. The number of hydrogen-bond donors (Lipinski definition) is 1. The molecule has 1 aromatic heterocycles. The number of hydrogen-bond acceptors (Lipinski definition) is 4. The molecule has 86 valence electrons.